The van der Waals surface area contributed by atoms with Crippen LogP contribution in [0.1, 0.15) is 26.1 Å². The molecule has 1 aliphatic heterocycles. The molecule has 1 unspecified atom stereocenters. The minimum atomic E-state index is -0.171. The highest BCUT2D eigenvalue weighted by atomic mass is 16.5. The van der Waals surface area contributed by atoms with Crippen LogP contribution < -0.4 is 19.5 Å². The van der Waals surface area contributed by atoms with Crippen molar-refractivity contribution in [3.8, 4) is 28.6 Å². The second-order valence-corrected chi connectivity index (χ2v) is 7.78. The SMILES string of the molecule is CCc1nc2cc(-c3ccc(OC)c(OC)c3)nc(O[C@H](C)C3CNC(=O)C3)c2n1C. The molecule has 1 amide bonds. The van der Waals surface area contributed by atoms with Gasteiger partial charge in [0.1, 0.15) is 17.4 Å². The van der Waals surface area contributed by atoms with Gasteiger partial charge >= 0.3 is 0 Å². The van der Waals surface area contributed by atoms with Gasteiger partial charge in [-0.2, -0.15) is 0 Å². The number of aromatic nitrogens is 3. The number of aryl methyl sites for hydroxylation is 2. The van der Waals surface area contributed by atoms with Crippen LogP contribution in [0.3, 0.4) is 0 Å². The Kier molecular flexibility index (Phi) is 5.71. The average molecular weight is 425 g/mol. The molecule has 3 heterocycles. The number of nitrogens with one attached hydrogen (secondary N) is 1. The van der Waals surface area contributed by atoms with Gasteiger partial charge in [0.2, 0.25) is 11.8 Å². The molecule has 1 fully saturated rings. The lowest BCUT2D eigenvalue weighted by atomic mass is 10.0. The van der Waals surface area contributed by atoms with Gasteiger partial charge in [-0.3, -0.25) is 4.79 Å². The number of amides is 1. The Labute approximate surface area is 181 Å². The van der Waals surface area contributed by atoms with Crippen LogP contribution in [0.5, 0.6) is 17.4 Å². The molecule has 0 radical (unpaired) electrons. The van der Waals surface area contributed by atoms with Gasteiger partial charge in [0.15, 0.2) is 11.5 Å². The number of nitrogens with zero attached hydrogens (tertiary/aromatic N) is 3. The Morgan fingerprint density at radius 3 is 2.61 bits per heavy atom. The summed E-state index contributed by atoms with van der Waals surface area (Å²) in [4.78, 5) is 21.3. The second-order valence-electron chi connectivity index (χ2n) is 7.78. The topological polar surface area (TPSA) is 87.5 Å². The number of carbonyl (C=O) groups is 1. The molecule has 0 bridgehead atoms. The lowest BCUT2D eigenvalue weighted by molar-refractivity contribution is -0.119. The molecule has 4 rings (SSSR count). The third kappa shape index (κ3) is 3.89. The van der Waals surface area contributed by atoms with Crippen LogP contribution in [0.25, 0.3) is 22.3 Å². The highest BCUT2D eigenvalue weighted by Crippen LogP contribution is 2.35. The van der Waals surface area contributed by atoms with Gasteiger partial charge in [-0.25, -0.2) is 9.97 Å². The maximum atomic E-state index is 11.7. The van der Waals surface area contributed by atoms with E-state index >= 15 is 0 Å². The van der Waals surface area contributed by atoms with Gasteiger partial charge in [0, 0.05) is 37.9 Å². The number of benzene rings is 1. The summed E-state index contributed by atoms with van der Waals surface area (Å²) in [7, 11) is 5.19. The monoisotopic (exact) mass is 424 g/mol. The van der Waals surface area contributed by atoms with E-state index < -0.39 is 0 Å². The van der Waals surface area contributed by atoms with E-state index in [2.05, 4.69) is 12.2 Å². The smallest absolute Gasteiger partial charge is 0.241 e. The fourth-order valence-corrected chi connectivity index (χ4v) is 4.02. The molecule has 2 atom stereocenters. The Bertz CT molecular complexity index is 1120. The molecule has 1 aliphatic rings. The number of hydrogen-bond acceptors (Lipinski definition) is 6. The van der Waals surface area contributed by atoms with Gasteiger partial charge in [-0.1, -0.05) is 6.92 Å². The van der Waals surface area contributed by atoms with E-state index in [0.29, 0.717) is 30.3 Å². The molecular formula is C23H28N4O4. The summed E-state index contributed by atoms with van der Waals surface area (Å²) in [6.07, 6.45) is 1.09. The van der Waals surface area contributed by atoms with E-state index in [1.165, 1.54) is 0 Å². The molecule has 31 heavy (non-hydrogen) atoms. The molecule has 8 nitrogen and oxygen atoms in total. The number of pyridine rings is 1. The van der Waals surface area contributed by atoms with Crippen molar-refractivity contribution in [1.29, 1.82) is 0 Å². The fourth-order valence-electron chi connectivity index (χ4n) is 4.02. The Morgan fingerprint density at radius 2 is 1.97 bits per heavy atom. The fraction of sp³-hybridized carbons (Fsp3) is 0.435. The van der Waals surface area contributed by atoms with Crippen LogP contribution in [0.2, 0.25) is 0 Å². The maximum absolute atomic E-state index is 11.7. The second kappa shape index (κ2) is 8.45. The number of methoxy groups -OCH3 is 2. The maximum Gasteiger partial charge on any atom is 0.241 e. The van der Waals surface area contributed by atoms with Crippen molar-refractivity contribution in [3.63, 3.8) is 0 Å². The summed E-state index contributed by atoms with van der Waals surface area (Å²) in [5, 5.41) is 2.88. The zero-order valence-electron chi connectivity index (χ0n) is 18.6. The zero-order valence-corrected chi connectivity index (χ0v) is 18.6. The summed E-state index contributed by atoms with van der Waals surface area (Å²) in [5.41, 5.74) is 3.28. The van der Waals surface area contributed by atoms with E-state index in [9.17, 15) is 4.79 Å². The van der Waals surface area contributed by atoms with Gasteiger partial charge in [-0.05, 0) is 31.2 Å². The van der Waals surface area contributed by atoms with Crippen molar-refractivity contribution in [3.05, 3.63) is 30.1 Å². The van der Waals surface area contributed by atoms with Crippen LogP contribution in [0.4, 0.5) is 0 Å². The van der Waals surface area contributed by atoms with Crippen molar-refractivity contribution < 1.29 is 19.0 Å². The molecule has 0 aliphatic carbocycles. The van der Waals surface area contributed by atoms with Crippen LogP contribution in [0, 0.1) is 5.92 Å². The van der Waals surface area contributed by atoms with Crippen LogP contribution in [-0.4, -0.2) is 47.3 Å². The first-order valence-corrected chi connectivity index (χ1v) is 10.5. The standard InChI is InChI=1S/C23H28N4O4/c1-6-20-25-17-11-16(14-7-8-18(29-4)19(9-14)30-5)26-23(22(17)27(20)3)31-13(2)15-10-21(28)24-12-15/h7-9,11,13,15H,6,10,12H2,1-5H3,(H,24,28)/t13-,15?/m1/s1. The highest BCUT2D eigenvalue weighted by Gasteiger charge is 2.29. The number of ether oxygens (including phenoxy) is 3. The minimum absolute atomic E-state index is 0.0615. The van der Waals surface area contributed by atoms with Gasteiger partial charge in [-0.15, -0.1) is 0 Å². The van der Waals surface area contributed by atoms with Gasteiger partial charge in [0.25, 0.3) is 0 Å². The predicted octanol–water partition coefficient (Wildman–Crippen LogP) is 3.12. The van der Waals surface area contributed by atoms with Crippen molar-refractivity contribution >= 4 is 16.9 Å². The third-order valence-electron chi connectivity index (χ3n) is 5.88. The first kappa shape index (κ1) is 21.0. The molecular weight excluding hydrogens is 396 g/mol. The molecule has 8 heteroatoms. The van der Waals surface area contributed by atoms with Crippen LogP contribution in [0.15, 0.2) is 24.3 Å². The van der Waals surface area contributed by atoms with Gasteiger partial charge in [0.05, 0.1) is 25.4 Å². The van der Waals surface area contributed by atoms with E-state index in [-0.39, 0.29) is 17.9 Å². The van der Waals surface area contributed by atoms with Crippen molar-refractivity contribution in [2.75, 3.05) is 20.8 Å². The third-order valence-corrected chi connectivity index (χ3v) is 5.88. The van der Waals surface area contributed by atoms with Crippen molar-refractivity contribution in [2.45, 2.75) is 32.8 Å². The van der Waals surface area contributed by atoms with E-state index in [1.807, 2.05) is 42.8 Å². The molecule has 0 saturated carbocycles. The van der Waals surface area contributed by atoms with E-state index in [4.69, 9.17) is 24.2 Å². The average Bonchev–Trinajstić information content (AvgIpc) is 3.36. The Hall–Kier alpha value is -3.29. The predicted molar refractivity (Wildman–Crippen MR) is 118 cm³/mol. The molecule has 1 saturated heterocycles. The molecule has 164 valence electrons. The molecule has 1 N–H and O–H groups in total. The lowest BCUT2D eigenvalue weighted by Gasteiger charge is -2.20. The number of carbonyl (C=O) groups excluding carboxylic acids is 1. The number of hydrogen-bond donors (Lipinski definition) is 1. The Morgan fingerprint density at radius 1 is 1.19 bits per heavy atom. The normalized spacial score (nSPS) is 16.9. The molecule has 1 aromatic carbocycles. The summed E-state index contributed by atoms with van der Waals surface area (Å²) in [5.74, 6) is 2.92. The number of imidazole rings is 1. The van der Waals surface area contributed by atoms with Crippen LogP contribution in [-0.2, 0) is 18.3 Å². The van der Waals surface area contributed by atoms with Crippen LogP contribution >= 0.6 is 0 Å². The molecule has 0 spiro atoms. The van der Waals surface area contributed by atoms with E-state index in [1.54, 1.807) is 14.2 Å². The number of fused-ring (bicyclic) bond motifs is 1. The lowest BCUT2D eigenvalue weighted by Crippen LogP contribution is -2.26. The summed E-state index contributed by atoms with van der Waals surface area (Å²) >= 11 is 0. The highest BCUT2D eigenvalue weighted by molar-refractivity contribution is 5.85. The van der Waals surface area contributed by atoms with Gasteiger partial charge < -0.3 is 24.1 Å². The summed E-state index contributed by atoms with van der Waals surface area (Å²) in [6.45, 7) is 4.67. The minimum Gasteiger partial charge on any atom is -0.493 e. The summed E-state index contributed by atoms with van der Waals surface area (Å²) in [6, 6.07) is 7.65. The Balaban J connectivity index is 1.80. The quantitative estimate of drug-likeness (QED) is 0.627. The number of rotatable bonds is 7. The molecule has 2 aromatic heterocycles. The first-order valence-electron chi connectivity index (χ1n) is 10.5. The van der Waals surface area contributed by atoms with E-state index in [0.717, 1.165) is 34.5 Å². The van der Waals surface area contributed by atoms with Crippen molar-refractivity contribution in [2.24, 2.45) is 13.0 Å². The largest absolute Gasteiger partial charge is 0.493 e. The summed E-state index contributed by atoms with van der Waals surface area (Å²) < 4.78 is 19.2. The first-order chi connectivity index (χ1) is 14.9. The van der Waals surface area contributed by atoms with Crippen molar-refractivity contribution in [1.82, 2.24) is 19.9 Å². The zero-order chi connectivity index (χ0) is 22.1. The molecule has 3 aromatic rings.